The van der Waals surface area contributed by atoms with Gasteiger partial charge in [0.05, 0.1) is 11.2 Å². The van der Waals surface area contributed by atoms with E-state index in [4.69, 9.17) is 27.2 Å². The van der Waals surface area contributed by atoms with Crippen molar-refractivity contribution < 1.29 is 14.6 Å². The topological polar surface area (TPSA) is 85.4 Å². The van der Waals surface area contributed by atoms with E-state index in [1.54, 1.807) is 6.07 Å². The number of carboxylic acid groups (broad SMARTS) is 1. The number of hydrogen-bond acceptors (Lipinski definition) is 4. The highest BCUT2D eigenvalue weighted by atomic mass is 35.5. The number of hydrogen-bond donors (Lipinski definition) is 2. The molecule has 0 saturated carbocycles. The van der Waals surface area contributed by atoms with Crippen LogP contribution in [0.5, 0.6) is 11.5 Å². The number of aromatic carboxylic acids is 1. The summed E-state index contributed by atoms with van der Waals surface area (Å²) < 4.78 is 5.42. The van der Waals surface area contributed by atoms with Gasteiger partial charge in [0, 0.05) is 18.0 Å². The summed E-state index contributed by atoms with van der Waals surface area (Å²) in [4.78, 5) is 14.9. The lowest BCUT2D eigenvalue weighted by atomic mass is 10.2. The standard InChI is InChI=1S/C12H9ClN2O3/c13-7-3-9(6-15-5-7)18-11-2-1-8(14)4-10(11)12(16)17/h1-6H,14H2,(H,16,17). The average molecular weight is 265 g/mol. The molecule has 18 heavy (non-hydrogen) atoms. The Hall–Kier alpha value is -2.27. The SMILES string of the molecule is Nc1ccc(Oc2cncc(Cl)c2)c(C(=O)O)c1. The van der Waals surface area contributed by atoms with Crippen LogP contribution in [0, 0.1) is 0 Å². The van der Waals surface area contributed by atoms with Crippen molar-refractivity contribution in [2.45, 2.75) is 0 Å². The summed E-state index contributed by atoms with van der Waals surface area (Å²) in [5.74, 6) is -0.581. The number of nitrogens with zero attached hydrogens (tertiary/aromatic N) is 1. The minimum atomic E-state index is -1.12. The first kappa shape index (κ1) is 12.2. The summed E-state index contributed by atoms with van der Waals surface area (Å²) >= 11 is 5.76. The molecule has 1 aromatic heterocycles. The van der Waals surface area contributed by atoms with Crippen LogP contribution in [0.3, 0.4) is 0 Å². The molecule has 1 heterocycles. The van der Waals surface area contributed by atoms with Crippen LogP contribution in [0.1, 0.15) is 10.4 Å². The predicted octanol–water partition coefficient (Wildman–Crippen LogP) is 2.81. The second-order valence-electron chi connectivity index (χ2n) is 3.50. The van der Waals surface area contributed by atoms with Gasteiger partial charge in [-0.05, 0) is 18.2 Å². The largest absolute Gasteiger partial charge is 0.478 e. The van der Waals surface area contributed by atoms with Crippen molar-refractivity contribution in [2.24, 2.45) is 0 Å². The number of carbonyl (C=O) groups is 1. The minimum absolute atomic E-state index is 0.0185. The van der Waals surface area contributed by atoms with Crippen molar-refractivity contribution in [1.82, 2.24) is 4.98 Å². The third-order valence-electron chi connectivity index (χ3n) is 2.14. The van der Waals surface area contributed by atoms with Crippen LogP contribution in [0.15, 0.2) is 36.7 Å². The highest BCUT2D eigenvalue weighted by molar-refractivity contribution is 6.30. The number of ether oxygens (including phenoxy) is 1. The van der Waals surface area contributed by atoms with Crippen LogP contribution >= 0.6 is 11.6 Å². The molecule has 6 heteroatoms. The Balaban J connectivity index is 2.37. The van der Waals surface area contributed by atoms with Crippen molar-refractivity contribution in [3.63, 3.8) is 0 Å². The third kappa shape index (κ3) is 2.70. The van der Waals surface area contributed by atoms with Crippen molar-refractivity contribution in [2.75, 3.05) is 5.73 Å². The summed E-state index contributed by atoms with van der Waals surface area (Å²) in [6.45, 7) is 0. The van der Waals surface area contributed by atoms with E-state index in [0.29, 0.717) is 16.5 Å². The molecule has 0 aliphatic heterocycles. The number of anilines is 1. The van der Waals surface area contributed by atoms with Crippen molar-refractivity contribution >= 4 is 23.3 Å². The van der Waals surface area contributed by atoms with E-state index in [9.17, 15) is 4.79 Å². The van der Waals surface area contributed by atoms with Crippen LogP contribution < -0.4 is 10.5 Å². The molecule has 2 rings (SSSR count). The number of aromatic nitrogens is 1. The number of pyridine rings is 1. The van der Waals surface area contributed by atoms with Gasteiger partial charge < -0.3 is 15.6 Å². The van der Waals surface area contributed by atoms with Crippen molar-refractivity contribution in [3.8, 4) is 11.5 Å². The van der Waals surface area contributed by atoms with Gasteiger partial charge in [0.25, 0.3) is 0 Å². The van der Waals surface area contributed by atoms with Crippen molar-refractivity contribution in [3.05, 3.63) is 47.2 Å². The molecular formula is C12H9ClN2O3. The fraction of sp³-hybridized carbons (Fsp3) is 0. The smallest absolute Gasteiger partial charge is 0.339 e. The molecule has 5 nitrogen and oxygen atoms in total. The number of carboxylic acids is 1. The molecule has 1 aromatic carbocycles. The van der Waals surface area contributed by atoms with E-state index in [0.717, 1.165) is 0 Å². The number of nitrogens with two attached hydrogens (primary N) is 1. The third-order valence-corrected chi connectivity index (χ3v) is 2.35. The van der Waals surface area contributed by atoms with Gasteiger partial charge in [0.2, 0.25) is 0 Å². The molecule has 0 fully saturated rings. The molecule has 2 aromatic rings. The van der Waals surface area contributed by atoms with E-state index in [1.165, 1.54) is 30.6 Å². The summed E-state index contributed by atoms with van der Waals surface area (Å²) in [7, 11) is 0. The number of benzene rings is 1. The number of halogens is 1. The van der Waals surface area contributed by atoms with Crippen LogP contribution in [-0.2, 0) is 0 Å². The molecule has 0 aliphatic carbocycles. The van der Waals surface area contributed by atoms with Gasteiger partial charge in [-0.3, -0.25) is 4.98 Å². The lowest BCUT2D eigenvalue weighted by Gasteiger charge is -2.09. The molecule has 0 bridgehead atoms. The Morgan fingerprint density at radius 2 is 2.11 bits per heavy atom. The van der Waals surface area contributed by atoms with Gasteiger partial charge in [-0.2, -0.15) is 0 Å². The highest BCUT2D eigenvalue weighted by Gasteiger charge is 2.12. The van der Waals surface area contributed by atoms with Gasteiger partial charge in [0.15, 0.2) is 0 Å². The fourth-order valence-corrected chi connectivity index (χ4v) is 1.54. The maximum atomic E-state index is 11.1. The van der Waals surface area contributed by atoms with E-state index < -0.39 is 5.97 Å². The van der Waals surface area contributed by atoms with E-state index in [1.807, 2.05) is 0 Å². The van der Waals surface area contributed by atoms with Gasteiger partial charge in [0.1, 0.15) is 17.1 Å². The first-order chi connectivity index (χ1) is 8.56. The van der Waals surface area contributed by atoms with Crippen LogP contribution in [0.4, 0.5) is 5.69 Å². The molecule has 3 N–H and O–H groups in total. The monoisotopic (exact) mass is 264 g/mol. The molecular weight excluding hydrogens is 256 g/mol. The number of rotatable bonds is 3. The Labute approximate surface area is 108 Å². The Morgan fingerprint density at radius 1 is 1.33 bits per heavy atom. The summed E-state index contributed by atoms with van der Waals surface area (Å²) in [6, 6.07) is 5.91. The highest BCUT2D eigenvalue weighted by Crippen LogP contribution is 2.27. The van der Waals surface area contributed by atoms with Gasteiger partial charge >= 0.3 is 5.97 Å². The second-order valence-corrected chi connectivity index (χ2v) is 3.94. The normalized spacial score (nSPS) is 10.1. The molecule has 0 saturated heterocycles. The van der Waals surface area contributed by atoms with E-state index in [2.05, 4.69) is 4.98 Å². The van der Waals surface area contributed by atoms with E-state index >= 15 is 0 Å². The molecule has 0 atom stereocenters. The summed E-state index contributed by atoms with van der Waals surface area (Å²) in [5.41, 5.74) is 5.86. The first-order valence-corrected chi connectivity index (χ1v) is 5.35. The summed E-state index contributed by atoms with van der Waals surface area (Å²) in [5, 5.41) is 9.45. The maximum absolute atomic E-state index is 11.1. The molecule has 0 aliphatic rings. The Kier molecular flexibility index (Phi) is 3.34. The molecule has 0 unspecified atom stereocenters. The van der Waals surface area contributed by atoms with Gasteiger partial charge in [-0.1, -0.05) is 11.6 Å². The Morgan fingerprint density at radius 3 is 2.78 bits per heavy atom. The predicted molar refractivity (Wildman–Crippen MR) is 67.1 cm³/mol. The lowest BCUT2D eigenvalue weighted by molar-refractivity contribution is 0.0694. The maximum Gasteiger partial charge on any atom is 0.339 e. The molecule has 0 radical (unpaired) electrons. The van der Waals surface area contributed by atoms with E-state index in [-0.39, 0.29) is 11.3 Å². The second kappa shape index (κ2) is 4.93. The quantitative estimate of drug-likeness (QED) is 0.833. The average Bonchev–Trinajstić information content (AvgIpc) is 2.31. The zero-order chi connectivity index (χ0) is 13.1. The number of nitrogen functional groups attached to an aromatic ring is 1. The molecule has 0 spiro atoms. The fourth-order valence-electron chi connectivity index (χ4n) is 1.38. The molecule has 92 valence electrons. The summed E-state index contributed by atoms with van der Waals surface area (Å²) in [6.07, 6.45) is 2.89. The Bertz CT molecular complexity index is 602. The zero-order valence-electron chi connectivity index (χ0n) is 9.13. The molecule has 0 amide bonds. The van der Waals surface area contributed by atoms with Crippen LogP contribution in [0.2, 0.25) is 5.02 Å². The van der Waals surface area contributed by atoms with Crippen molar-refractivity contribution in [1.29, 1.82) is 0 Å². The zero-order valence-corrected chi connectivity index (χ0v) is 9.89. The lowest BCUT2D eigenvalue weighted by Crippen LogP contribution is -2.01. The van der Waals surface area contributed by atoms with Gasteiger partial charge in [-0.25, -0.2) is 4.79 Å². The first-order valence-electron chi connectivity index (χ1n) is 4.97. The van der Waals surface area contributed by atoms with Crippen LogP contribution in [0.25, 0.3) is 0 Å². The van der Waals surface area contributed by atoms with Gasteiger partial charge in [-0.15, -0.1) is 0 Å². The minimum Gasteiger partial charge on any atom is -0.478 e. The van der Waals surface area contributed by atoms with Crippen LogP contribution in [-0.4, -0.2) is 16.1 Å².